The molecule has 0 aliphatic rings. The van der Waals surface area contributed by atoms with E-state index in [1.165, 1.54) is 18.3 Å². The zero-order chi connectivity index (χ0) is 13.5. The van der Waals surface area contributed by atoms with Crippen molar-refractivity contribution in [3.63, 3.8) is 0 Å². The van der Waals surface area contributed by atoms with Gasteiger partial charge in [0, 0.05) is 5.92 Å². The number of carbonyl (C=O) groups is 2. The molecule has 0 aliphatic carbocycles. The van der Waals surface area contributed by atoms with Crippen LogP contribution in [0.2, 0.25) is 0 Å². The summed E-state index contributed by atoms with van der Waals surface area (Å²) in [5.74, 6) is -1.34. The first-order valence-corrected chi connectivity index (χ1v) is 5.75. The first kappa shape index (κ1) is 14.1. The number of hydrogen-bond acceptors (Lipinski definition) is 4. The molecule has 0 saturated heterocycles. The largest absolute Gasteiger partial charge is 0.477 e. The summed E-state index contributed by atoms with van der Waals surface area (Å²) in [6.07, 6.45) is 2.85. The van der Waals surface area contributed by atoms with E-state index in [-0.39, 0.29) is 17.5 Å². The van der Waals surface area contributed by atoms with Crippen molar-refractivity contribution in [3.05, 3.63) is 24.0 Å². The highest BCUT2D eigenvalue weighted by atomic mass is 16.4. The highest BCUT2D eigenvalue weighted by molar-refractivity contribution is 5.92. The van der Waals surface area contributed by atoms with Gasteiger partial charge in [0.05, 0.1) is 11.9 Å². The number of aromatic carboxylic acids is 1. The number of amides is 1. The van der Waals surface area contributed by atoms with Gasteiger partial charge in [0.1, 0.15) is 5.69 Å². The summed E-state index contributed by atoms with van der Waals surface area (Å²) in [6, 6.07) is 2.87. The van der Waals surface area contributed by atoms with E-state index in [1.54, 1.807) is 0 Å². The predicted octanol–water partition coefficient (Wildman–Crippen LogP) is 1.09. The fourth-order valence-electron chi connectivity index (χ4n) is 1.41. The molecular formula is C12H17N3O3. The van der Waals surface area contributed by atoms with Crippen molar-refractivity contribution in [1.29, 1.82) is 0 Å². The summed E-state index contributed by atoms with van der Waals surface area (Å²) in [5.41, 5.74) is 5.82. The number of anilines is 1. The molecule has 6 heteroatoms. The van der Waals surface area contributed by atoms with Crippen LogP contribution in [-0.2, 0) is 4.79 Å². The lowest BCUT2D eigenvalue weighted by Crippen LogP contribution is -2.21. The van der Waals surface area contributed by atoms with Crippen molar-refractivity contribution in [2.24, 2.45) is 11.7 Å². The van der Waals surface area contributed by atoms with Crippen LogP contribution in [0.3, 0.4) is 0 Å². The Bertz CT molecular complexity index is 417. The Balaban J connectivity index is 2.56. The number of rotatable bonds is 6. The molecule has 0 bridgehead atoms. The Morgan fingerprint density at radius 3 is 2.72 bits per heavy atom. The number of carbonyl (C=O) groups excluding carboxylic acids is 1. The van der Waals surface area contributed by atoms with E-state index >= 15 is 0 Å². The zero-order valence-electron chi connectivity index (χ0n) is 10.2. The minimum Gasteiger partial charge on any atom is -0.477 e. The Kier molecular flexibility index (Phi) is 5.26. The van der Waals surface area contributed by atoms with E-state index in [4.69, 9.17) is 10.8 Å². The molecular weight excluding hydrogens is 234 g/mol. The van der Waals surface area contributed by atoms with Crippen molar-refractivity contribution in [2.75, 3.05) is 11.9 Å². The van der Waals surface area contributed by atoms with Gasteiger partial charge in [0.25, 0.3) is 0 Å². The van der Waals surface area contributed by atoms with Crippen LogP contribution in [0, 0.1) is 5.92 Å². The molecule has 6 nitrogen and oxygen atoms in total. The van der Waals surface area contributed by atoms with Gasteiger partial charge < -0.3 is 16.2 Å². The molecule has 1 atom stereocenters. The molecule has 1 unspecified atom stereocenters. The molecule has 4 N–H and O–H groups in total. The number of aromatic nitrogens is 1. The van der Waals surface area contributed by atoms with Gasteiger partial charge in [-0.05, 0) is 31.5 Å². The molecule has 1 rings (SSSR count). The van der Waals surface area contributed by atoms with Crippen LogP contribution in [0.15, 0.2) is 18.3 Å². The third-order valence-electron chi connectivity index (χ3n) is 2.54. The summed E-state index contributed by atoms with van der Waals surface area (Å²) in [5, 5.41) is 11.4. The lowest BCUT2D eigenvalue weighted by molar-refractivity contribution is -0.119. The number of nitrogens with zero attached hydrogens (tertiary/aromatic N) is 1. The summed E-state index contributed by atoms with van der Waals surface area (Å²) >= 11 is 0. The van der Waals surface area contributed by atoms with E-state index in [0.29, 0.717) is 12.2 Å². The minimum absolute atomic E-state index is 0.0517. The Morgan fingerprint density at radius 1 is 1.50 bits per heavy atom. The van der Waals surface area contributed by atoms with E-state index in [2.05, 4.69) is 10.3 Å². The molecule has 0 aromatic carbocycles. The molecule has 1 aromatic heterocycles. The summed E-state index contributed by atoms with van der Waals surface area (Å²) in [4.78, 5) is 26.1. The van der Waals surface area contributed by atoms with Gasteiger partial charge in [-0.1, -0.05) is 6.92 Å². The van der Waals surface area contributed by atoms with Crippen LogP contribution in [0.4, 0.5) is 5.69 Å². The predicted molar refractivity (Wildman–Crippen MR) is 67.3 cm³/mol. The summed E-state index contributed by atoms with van der Waals surface area (Å²) in [6.45, 7) is 2.39. The quantitative estimate of drug-likeness (QED) is 0.702. The van der Waals surface area contributed by atoms with Crippen molar-refractivity contribution in [3.8, 4) is 0 Å². The monoisotopic (exact) mass is 251 g/mol. The molecule has 0 fully saturated rings. The van der Waals surface area contributed by atoms with Gasteiger partial charge in [-0.2, -0.15) is 0 Å². The number of carboxylic acids is 1. The molecule has 0 aliphatic heterocycles. The van der Waals surface area contributed by atoms with Crippen LogP contribution in [0.5, 0.6) is 0 Å². The maximum atomic E-state index is 11.7. The van der Waals surface area contributed by atoms with E-state index in [0.717, 1.165) is 12.8 Å². The standard InChI is InChI=1S/C12H17N3O3/c1-8(3-2-6-13)11(16)15-9-4-5-10(12(17)18)14-7-9/h4-5,7-8H,2-3,6,13H2,1H3,(H,15,16)(H,17,18). The molecule has 18 heavy (non-hydrogen) atoms. The topological polar surface area (TPSA) is 105 Å². The Morgan fingerprint density at radius 2 is 2.22 bits per heavy atom. The average Bonchev–Trinajstić information content (AvgIpc) is 2.36. The minimum atomic E-state index is -1.09. The molecule has 1 amide bonds. The molecule has 0 radical (unpaired) electrons. The second-order valence-corrected chi connectivity index (χ2v) is 4.06. The van der Waals surface area contributed by atoms with Crippen molar-refractivity contribution in [2.45, 2.75) is 19.8 Å². The third kappa shape index (κ3) is 4.14. The SMILES string of the molecule is CC(CCCN)C(=O)Nc1ccc(C(=O)O)nc1. The van der Waals surface area contributed by atoms with Crippen LogP contribution < -0.4 is 11.1 Å². The molecule has 98 valence electrons. The second-order valence-electron chi connectivity index (χ2n) is 4.06. The zero-order valence-corrected chi connectivity index (χ0v) is 10.2. The summed E-state index contributed by atoms with van der Waals surface area (Å²) < 4.78 is 0. The van der Waals surface area contributed by atoms with Gasteiger partial charge >= 0.3 is 5.97 Å². The van der Waals surface area contributed by atoms with E-state index in [9.17, 15) is 9.59 Å². The first-order valence-electron chi connectivity index (χ1n) is 5.75. The Hall–Kier alpha value is -1.95. The fraction of sp³-hybridized carbons (Fsp3) is 0.417. The van der Waals surface area contributed by atoms with Gasteiger partial charge in [-0.3, -0.25) is 4.79 Å². The number of pyridine rings is 1. The van der Waals surface area contributed by atoms with Gasteiger partial charge in [-0.25, -0.2) is 9.78 Å². The maximum Gasteiger partial charge on any atom is 0.354 e. The van der Waals surface area contributed by atoms with Crippen LogP contribution in [0.25, 0.3) is 0 Å². The second kappa shape index (κ2) is 6.70. The van der Waals surface area contributed by atoms with E-state index in [1.807, 2.05) is 6.92 Å². The number of carboxylic acid groups (broad SMARTS) is 1. The molecule has 0 spiro atoms. The highest BCUT2D eigenvalue weighted by Crippen LogP contribution is 2.11. The highest BCUT2D eigenvalue weighted by Gasteiger charge is 2.12. The molecule has 0 saturated carbocycles. The fourth-order valence-corrected chi connectivity index (χ4v) is 1.41. The number of nitrogens with one attached hydrogen (secondary N) is 1. The number of nitrogens with two attached hydrogens (primary N) is 1. The lowest BCUT2D eigenvalue weighted by atomic mass is 10.0. The van der Waals surface area contributed by atoms with E-state index < -0.39 is 5.97 Å². The lowest BCUT2D eigenvalue weighted by Gasteiger charge is -2.11. The third-order valence-corrected chi connectivity index (χ3v) is 2.54. The average molecular weight is 251 g/mol. The van der Waals surface area contributed by atoms with Crippen LogP contribution in [-0.4, -0.2) is 28.5 Å². The smallest absolute Gasteiger partial charge is 0.354 e. The molecule has 1 aromatic rings. The number of hydrogen-bond donors (Lipinski definition) is 3. The van der Waals surface area contributed by atoms with Crippen molar-refractivity contribution in [1.82, 2.24) is 4.98 Å². The van der Waals surface area contributed by atoms with Gasteiger partial charge in [0.15, 0.2) is 0 Å². The maximum absolute atomic E-state index is 11.7. The first-order chi connectivity index (χ1) is 8.54. The summed E-state index contributed by atoms with van der Waals surface area (Å²) in [7, 11) is 0. The normalized spacial score (nSPS) is 11.9. The van der Waals surface area contributed by atoms with Crippen LogP contribution >= 0.6 is 0 Å². The molecule has 1 heterocycles. The van der Waals surface area contributed by atoms with Crippen LogP contribution in [0.1, 0.15) is 30.3 Å². The van der Waals surface area contributed by atoms with Crippen molar-refractivity contribution < 1.29 is 14.7 Å². The van der Waals surface area contributed by atoms with Gasteiger partial charge in [-0.15, -0.1) is 0 Å². The van der Waals surface area contributed by atoms with Crippen molar-refractivity contribution >= 4 is 17.6 Å². The van der Waals surface area contributed by atoms with Gasteiger partial charge in [0.2, 0.25) is 5.91 Å². The Labute approximate surface area is 105 Å².